The monoisotopic (exact) mass is 333 g/mol. The Morgan fingerprint density at radius 2 is 2.12 bits per heavy atom. The average molecular weight is 333 g/mol. The number of nitrogens with two attached hydrogens (primary N) is 1. The number of phenols is 1. The number of aryl methyl sites for hydroxylation is 1. The van der Waals surface area contributed by atoms with E-state index in [4.69, 9.17) is 10.8 Å². The topological polar surface area (TPSA) is 136 Å². The fourth-order valence-corrected chi connectivity index (χ4v) is 2.25. The van der Waals surface area contributed by atoms with Crippen LogP contribution in [0.2, 0.25) is 0 Å². The SMILES string of the molecule is Cc1cc(/C=C2\N=C([C@@H](N)[C@@H](C)O)N(CC(=O)O)C2=O)ccc1O. The zero-order valence-electron chi connectivity index (χ0n) is 13.3. The van der Waals surface area contributed by atoms with Crippen LogP contribution >= 0.6 is 0 Å². The molecule has 0 aromatic heterocycles. The van der Waals surface area contributed by atoms with Gasteiger partial charge in [0, 0.05) is 0 Å². The van der Waals surface area contributed by atoms with Crippen molar-refractivity contribution in [1.29, 1.82) is 0 Å². The largest absolute Gasteiger partial charge is 0.508 e. The van der Waals surface area contributed by atoms with Gasteiger partial charge in [0.15, 0.2) is 0 Å². The number of aliphatic hydroxyl groups excluding tert-OH is 1. The summed E-state index contributed by atoms with van der Waals surface area (Å²) in [4.78, 5) is 28.5. The van der Waals surface area contributed by atoms with E-state index in [1.165, 1.54) is 19.1 Å². The maximum absolute atomic E-state index is 12.4. The van der Waals surface area contributed by atoms with E-state index in [9.17, 15) is 19.8 Å². The molecule has 2 atom stereocenters. The fourth-order valence-electron chi connectivity index (χ4n) is 2.25. The van der Waals surface area contributed by atoms with Gasteiger partial charge in [-0.05, 0) is 43.2 Å². The highest BCUT2D eigenvalue weighted by Crippen LogP contribution is 2.23. The Kier molecular flexibility index (Phi) is 5.01. The van der Waals surface area contributed by atoms with E-state index >= 15 is 0 Å². The number of hydrogen-bond donors (Lipinski definition) is 4. The first-order valence-corrected chi connectivity index (χ1v) is 7.28. The second kappa shape index (κ2) is 6.81. The Morgan fingerprint density at radius 1 is 1.46 bits per heavy atom. The molecule has 2 rings (SSSR count). The summed E-state index contributed by atoms with van der Waals surface area (Å²) in [5.41, 5.74) is 7.09. The maximum Gasteiger partial charge on any atom is 0.323 e. The first-order chi connectivity index (χ1) is 11.2. The molecule has 1 aromatic carbocycles. The van der Waals surface area contributed by atoms with Gasteiger partial charge >= 0.3 is 5.97 Å². The summed E-state index contributed by atoms with van der Waals surface area (Å²) in [5, 5.41) is 28.1. The van der Waals surface area contributed by atoms with Crippen molar-refractivity contribution >= 4 is 23.8 Å². The number of aliphatic hydroxyl groups is 1. The first kappa shape index (κ1) is 17.6. The van der Waals surface area contributed by atoms with E-state index in [0.29, 0.717) is 11.1 Å². The summed E-state index contributed by atoms with van der Waals surface area (Å²) >= 11 is 0. The van der Waals surface area contributed by atoms with Gasteiger partial charge < -0.3 is 21.1 Å². The van der Waals surface area contributed by atoms with Crippen molar-refractivity contribution in [2.24, 2.45) is 10.7 Å². The van der Waals surface area contributed by atoms with Crippen LogP contribution in [0.25, 0.3) is 6.08 Å². The van der Waals surface area contributed by atoms with Crippen LogP contribution < -0.4 is 5.73 Å². The summed E-state index contributed by atoms with van der Waals surface area (Å²) in [7, 11) is 0. The van der Waals surface area contributed by atoms with Gasteiger partial charge in [0.2, 0.25) is 0 Å². The number of rotatable bonds is 5. The van der Waals surface area contributed by atoms with Gasteiger partial charge in [-0.15, -0.1) is 0 Å². The number of aliphatic carboxylic acids is 1. The molecule has 1 aliphatic rings. The normalized spacial score (nSPS) is 18.7. The lowest BCUT2D eigenvalue weighted by Crippen LogP contribution is -2.50. The summed E-state index contributed by atoms with van der Waals surface area (Å²) in [5.74, 6) is -1.67. The molecular formula is C16H19N3O5. The van der Waals surface area contributed by atoms with Gasteiger partial charge in [0.1, 0.15) is 23.8 Å². The molecular weight excluding hydrogens is 314 g/mol. The van der Waals surface area contributed by atoms with E-state index < -0.39 is 30.6 Å². The zero-order chi connectivity index (χ0) is 18.0. The van der Waals surface area contributed by atoms with Crippen LogP contribution in [-0.4, -0.2) is 56.6 Å². The van der Waals surface area contributed by atoms with Crippen LogP contribution in [0.1, 0.15) is 18.1 Å². The standard InChI is InChI=1S/C16H19N3O5/c1-8-5-10(3-4-12(8)21)6-11-16(24)19(7-13(22)23)15(18-11)14(17)9(2)20/h3-6,9,14,20-21H,7,17H2,1-2H3,(H,22,23)/b11-6-/t9-,14+/m1/s1. The Hall–Kier alpha value is -2.71. The summed E-state index contributed by atoms with van der Waals surface area (Å²) in [6.07, 6.45) is 0.480. The number of carbonyl (C=O) groups excluding carboxylic acids is 1. The van der Waals surface area contributed by atoms with Crippen LogP contribution in [0.5, 0.6) is 5.75 Å². The molecule has 8 heteroatoms. The number of carboxylic acids is 1. The first-order valence-electron chi connectivity index (χ1n) is 7.28. The van der Waals surface area contributed by atoms with E-state index in [2.05, 4.69) is 4.99 Å². The highest BCUT2D eigenvalue weighted by Gasteiger charge is 2.36. The van der Waals surface area contributed by atoms with Crippen molar-refractivity contribution in [2.75, 3.05) is 6.54 Å². The minimum Gasteiger partial charge on any atom is -0.508 e. The third-order valence-corrected chi connectivity index (χ3v) is 3.61. The number of phenolic OH excluding ortho intramolecular Hbond substituents is 1. The van der Waals surface area contributed by atoms with E-state index in [-0.39, 0.29) is 17.3 Å². The second-order valence-electron chi connectivity index (χ2n) is 5.60. The number of carboxylic acid groups (broad SMARTS) is 1. The molecule has 24 heavy (non-hydrogen) atoms. The van der Waals surface area contributed by atoms with E-state index in [1.807, 2.05) is 0 Å². The molecule has 0 spiro atoms. The number of aromatic hydroxyl groups is 1. The van der Waals surface area contributed by atoms with E-state index in [0.717, 1.165) is 4.90 Å². The molecule has 0 fully saturated rings. The molecule has 0 unspecified atom stereocenters. The van der Waals surface area contributed by atoms with Crippen LogP contribution in [0.4, 0.5) is 0 Å². The van der Waals surface area contributed by atoms with Gasteiger partial charge in [0.25, 0.3) is 5.91 Å². The third kappa shape index (κ3) is 3.61. The maximum atomic E-state index is 12.4. The summed E-state index contributed by atoms with van der Waals surface area (Å²) in [6.45, 7) is 2.55. The number of aliphatic imine (C=N–C) groups is 1. The lowest BCUT2D eigenvalue weighted by molar-refractivity contribution is -0.140. The average Bonchev–Trinajstić information content (AvgIpc) is 2.79. The highest BCUT2D eigenvalue weighted by molar-refractivity contribution is 6.17. The van der Waals surface area contributed by atoms with Gasteiger partial charge in [0.05, 0.1) is 12.1 Å². The van der Waals surface area contributed by atoms with Gasteiger partial charge in [-0.1, -0.05) is 6.07 Å². The molecule has 0 bridgehead atoms. The van der Waals surface area contributed by atoms with Crippen molar-refractivity contribution < 1.29 is 24.9 Å². The second-order valence-corrected chi connectivity index (χ2v) is 5.60. The Labute approximate surface area is 138 Å². The summed E-state index contributed by atoms with van der Waals surface area (Å²) < 4.78 is 0. The molecule has 1 aromatic rings. The molecule has 5 N–H and O–H groups in total. The van der Waals surface area contributed by atoms with E-state index in [1.54, 1.807) is 19.1 Å². The quantitative estimate of drug-likeness (QED) is 0.563. The molecule has 1 heterocycles. The molecule has 8 nitrogen and oxygen atoms in total. The van der Waals surface area contributed by atoms with Crippen molar-refractivity contribution in [3.63, 3.8) is 0 Å². The van der Waals surface area contributed by atoms with Crippen molar-refractivity contribution in [1.82, 2.24) is 4.90 Å². The number of amidine groups is 1. The van der Waals surface area contributed by atoms with Crippen molar-refractivity contribution in [2.45, 2.75) is 26.0 Å². The number of carbonyl (C=O) groups is 2. The number of hydrogen-bond acceptors (Lipinski definition) is 6. The lowest BCUT2D eigenvalue weighted by Gasteiger charge is -2.22. The number of benzene rings is 1. The smallest absolute Gasteiger partial charge is 0.323 e. The molecule has 0 saturated heterocycles. The molecule has 128 valence electrons. The molecule has 1 aliphatic heterocycles. The Morgan fingerprint density at radius 3 is 2.67 bits per heavy atom. The molecule has 1 amide bonds. The molecule has 0 saturated carbocycles. The number of amides is 1. The van der Waals surface area contributed by atoms with Crippen LogP contribution in [-0.2, 0) is 9.59 Å². The predicted molar refractivity (Wildman–Crippen MR) is 87.3 cm³/mol. The third-order valence-electron chi connectivity index (χ3n) is 3.61. The Bertz CT molecular complexity index is 739. The van der Waals surface area contributed by atoms with Crippen LogP contribution in [0.3, 0.4) is 0 Å². The van der Waals surface area contributed by atoms with Crippen LogP contribution in [0, 0.1) is 6.92 Å². The molecule has 0 radical (unpaired) electrons. The van der Waals surface area contributed by atoms with Crippen LogP contribution in [0.15, 0.2) is 28.9 Å². The van der Waals surface area contributed by atoms with Gasteiger partial charge in [-0.3, -0.25) is 14.5 Å². The Balaban J connectivity index is 2.42. The minimum atomic E-state index is -1.21. The summed E-state index contributed by atoms with van der Waals surface area (Å²) in [6, 6.07) is 3.77. The van der Waals surface area contributed by atoms with Crippen molar-refractivity contribution in [3.05, 3.63) is 35.0 Å². The minimum absolute atomic E-state index is 0.0131. The fraction of sp³-hybridized carbons (Fsp3) is 0.312. The zero-order valence-corrected chi connectivity index (χ0v) is 13.3. The molecule has 0 aliphatic carbocycles. The predicted octanol–water partition coefficient (Wildman–Crippen LogP) is 0.0749. The van der Waals surface area contributed by atoms with Gasteiger partial charge in [-0.2, -0.15) is 0 Å². The lowest BCUT2D eigenvalue weighted by atomic mass is 10.1. The van der Waals surface area contributed by atoms with Gasteiger partial charge in [-0.25, -0.2) is 4.99 Å². The van der Waals surface area contributed by atoms with Crippen molar-refractivity contribution in [3.8, 4) is 5.75 Å². The number of nitrogens with zero attached hydrogens (tertiary/aromatic N) is 2. The highest BCUT2D eigenvalue weighted by atomic mass is 16.4.